The van der Waals surface area contributed by atoms with E-state index >= 15 is 0 Å². The van der Waals surface area contributed by atoms with Gasteiger partial charge in [-0.25, -0.2) is 0 Å². The fourth-order valence-corrected chi connectivity index (χ4v) is 0.751. The molecule has 0 radical (unpaired) electrons. The molecular weight excluding hydrogens is 166 g/mol. The maximum Gasteiger partial charge on any atom is 0.108 e. The van der Waals surface area contributed by atoms with Crippen LogP contribution in [0, 0.1) is 0 Å². The molecule has 0 aromatic carbocycles. The van der Waals surface area contributed by atoms with Crippen molar-refractivity contribution in [2.75, 3.05) is 6.61 Å². The van der Waals surface area contributed by atoms with Gasteiger partial charge in [-0.2, -0.15) is 0 Å². The van der Waals surface area contributed by atoms with Crippen LogP contribution in [0.4, 0.5) is 0 Å². The number of aliphatic hydroxyl groups is 5. The normalized spacial score (nSPS) is 21.5. The predicted octanol–water partition coefficient (Wildman–Crippen LogP) is -3.27. The van der Waals surface area contributed by atoms with Gasteiger partial charge in [0.15, 0.2) is 0 Å². The average molecular weight is 181 g/mol. The molecule has 0 heterocycles. The number of hydrogen-bond donors (Lipinski definition) is 6. The van der Waals surface area contributed by atoms with Crippen LogP contribution in [-0.4, -0.2) is 56.7 Å². The van der Waals surface area contributed by atoms with Crippen molar-refractivity contribution < 1.29 is 25.5 Å². The van der Waals surface area contributed by atoms with E-state index in [0.717, 1.165) is 0 Å². The summed E-state index contributed by atoms with van der Waals surface area (Å²) in [6.07, 6.45) is -5.75. The van der Waals surface area contributed by atoms with Gasteiger partial charge >= 0.3 is 0 Å². The zero-order valence-corrected chi connectivity index (χ0v) is 6.54. The van der Waals surface area contributed by atoms with E-state index in [0.29, 0.717) is 0 Å². The summed E-state index contributed by atoms with van der Waals surface area (Å²) in [5, 5.41) is 43.8. The van der Waals surface area contributed by atoms with Crippen molar-refractivity contribution in [3.63, 3.8) is 0 Å². The third-order valence-electron chi connectivity index (χ3n) is 1.46. The lowest BCUT2D eigenvalue weighted by atomic mass is 10.1. The van der Waals surface area contributed by atoms with Crippen LogP contribution in [0.5, 0.6) is 0 Å². The van der Waals surface area contributed by atoms with Crippen molar-refractivity contribution in [1.82, 2.24) is 0 Å². The molecule has 0 amide bonds. The minimum Gasteiger partial charge on any atom is -0.394 e. The summed E-state index contributed by atoms with van der Waals surface area (Å²) in [5.41, 5.74) is 4.91. The summed E-state index contributed by atoms with van der Waals surface area (Å²) in [4.78, 5) is 0. The highest BCUT2D eigenvalue weighted by Gasteiger charge is 2.24. The highest BCUT2D eigenvalue weighted by Crippen LogP contribution is 2.04. The zero-order chi connectivity index (χ0) is 9.72. The third-order valence-corrected chi connectivity index (χ3v) is 1.46. The second kappa shape index (κ2) is 5.41. The van der Waals surface area contributed by atoms with Crippen molar-refractivity contribution in [2.45, 2.75) is 31.0 Å². The quantitative estimate of drug-likeness (QED) is 0.247. The van der Waals surface area contributed by atoms with Crippen LogP contribution in [0.2, 0.25) is 0 Å². The predicted molar refractivity (Wildman–Crippen MR) is 39.9 cm³/mol. The monoisotopic (exact) mass is 181 g/mol. The largest absolute Gasteiger partial charge is 0.394 e. The van der Waals surface area contributed by atoms with Gasteiger partial charge in [0.2, 0.25) is 0 Å². The van der Waals surface area contributed by atoms with Crippen LogP contribution in [0.25, 0.3) is 0 Å². The van der Waals surface area contributed by atoms with Gasteiger partial charge in [0.25, 0.3) is 0 Å². The molecule has 0 bridgehead atoms. The van der Waals surface area contributed by atoms with Crippen LogP contribution in [0.1, 0.15) is 6.42 Å². The molecule has 0 saturated heterocycles. The van der Waals surface area contributed by atoms with Crippen molar-refractivity contribution >= 4 is 0 Å². The lowest BCUT2D eigenvalue weighted by molar-refractivity contribution is -0.0872. The Kier molecular flexibility index (Phi) is 5.31. The van der Waals surface area contributed by atoms with Crippen LogP contribution in [0.15, 0.2) is 0 Å². The molecule has 0 rings (SSSR count). The van der Waals surface area contributed by atoms with E-state index in [-0.39, 0.29) is 6.42 Å². The van der Waals surface area contributed by atoms with Gasteiger partial charge in [-0.3, -0.25) is 0 Å². The molecule has 6 nitrogen and oxygen atoms in total. The molecule has 0 saturated carbocycles. The lowest BCUT2D eigenvalue weighted by Crippen LogP contribution is -2.42. The van der Waals surface area contributed by atoms with Gasteiger partial charge in [-0.1, -0.05) is 0 Å². The first-order valence-electron chi connectivity index (χ1n) is 3.57. The van der Waals surface area contributed by atoms with Crippen LogP contribution < -0.4 is 5.73 Å². The van der Waals surface area contributed by atoms with Gasteiger partial charge in [-0.15, -0.1) is 0 Å². The van der Waals surface area contributed by atoms with Gasteiger partial charge in [0, 0.05) is 6.42 Å². The van der Waals surface area contributed by atoms with E-state index < -0.39 is 31.1 Å². The zero-order valence-electron chi connectivity index (χ0n) is 6.54. The molecule has 0 spiro atoms. The molecule has 4 atom stereocenters. The summed E-state index contributed by atoms with van der Waals surface area (Å²) >= 11 is 0. The van der Waals surface area contributed by atoms with Crippen molar-refractivity contribution in [2.24, 2.45) is 5.73 Å². The third kappa shape index (κ3) is 3.96. The SMILES string of the molecule is NC(O)C[C@@H](O)[C@@H](O)[C@H](O)CO. The van der Waals surface area contributed by atoms with E-state index in [1.54, 1.807) is 0 Å². The topological polar surface area (TPSA) is 127 Å². The van der Waals surface area contributed by atoms with Crippen LogP contribution >= 0.6 is 0 Å². The maximum atomic E-state index is 9.03. The van der Waals surface area contributed by atoms with E-state index in [2.05, 4.69) is 0 Å². The van der Waals surface area contributed by atoms with Crippen LogP contribution in [0.3, 0.4) is 0 Å². The number of nitrogens with two attached hydrogens (primary N) is 1. The molecule has 1 unspecified atom stereocenters. The van der Waals surface area contributed by atoms with Crippen molar-refractivity contribution in [3.8, 4) is 0 Å². The first-order valence-corrected chi connectivity index (χ1v) is 3.57. The molecule has 74 valence electrons. The molecule has 7 N–H and O–H groups in total. The van der Waals surface area contributed by atoms with E-state index in [1.165, 1.54) is 0 Å². The molecule has 0 fully saturated rings. The highest BCUT2D eigenvalue weighted by atomic mass is 16.4. The summed E-state index contributed by atoms with van der Waals surface area (Å²) in [6, 6.07) is 0. The Morgan fingerprint density at radius 2 is 1.50 bits per heavy atom. The first-order chi connectivity index (χ1) is 5.49. The van der Waals surface area contributed by atoms with Gasteiger partial charge in [0.05, 0.1) is 12.7 Å². The minimum absolute atomic E-state index is 0.252. The Balaban J connectivity index is 3.83. The van der Waals surface area contributed by atoms with Crippen molar-refractivity contribution in [1.29, 1.82) is 0 Å². The molecule has 0 aromatic heterocycles. The Hall–Kier alpha value is -0.240. The van der Waals surface area contributed by atoms with Gasteiger partial charge in [0.1, 0.15) is 18.4 Å². The minimum atomic E-state index is -1.49. The summed E-state index contributed by atoms with van der Waals surface area (Å²) < 4.78 is 0. The Morgan fingerprint density at radius 3 is 1.83 bits per heavy atom. The Labute approximate surface area is 69.9 Å². The molecule has 0 aromatic rings. The standard InChI is InChI=1S/C6H15NO5/c7-5(11)1-3(9)6(12)4(10)2-8/h3-6,8-12H,1-2,7H2/t3-,4-,5?,6-/m1/s1. The molecule has 0 aliphatic heterocycles. The fraction of sp³-hybridized carbons (Fsp3) is 1.00. The molecule has 0 aliphatic carbocycles. The number of rotatable bonds is 5. The van der Waals surface area contributed by atoms with Gasteiger partial charge < -0.3 is 31.3 Å². The molecule has 6 heteroatoms. The second-order valence-electron chi connectivity index (χ2n) is 2.61. The van der Waals surface area contributed by atoms with E-state index in [1.807, 2.05) is 0 Å². The number of aliphatic hydroxyl groups excluding tert-OH is 5. The van der Waals surface area contributed by atoms with Crippen molar-refractivity contribution in [3.05, 3.63) is 0 Å². The lowest BCUT2D eigenvalue weighted by Gasteiger charge is -2.22. The van der Waals surface area contributed by atoms with Gasteiger partial charge in [-0.05, 0) is 0 Å². The molecular formula is C6H15NO5. The van der Waals surface area contributed by atoms with E-state index in [4.69, 9.17) is 31.3 Å². The average Bonchev–Trinajstić information content (AvgIpc) is 2.00. The number of hydrogen-bond acceptors (Lipinski definition) is 6. The maximum absolute atomic E-state index is 9.03. The summed E-state index contributed by atoms with van der Waals surface area (Å²) in [7, 11) is 0. The summed E-state index contributed by atoms with van der Waals surface area (Å²) in [5.74, 6) is 0. The highest BCUT2D eigenvalue weighted by molar-refractivity contribution is 4.75. The second-order valence-corrected chi connectivity index (χ2v) is 2.61. The molecule has 12 heavy (non-hydrogen) atoms. The Bertz CT molecular complexity index is 121. The summed E-state index contributed by atoms with van der Waals surface area (Å²) in [6.45, 7) is -0.654. The molecule has 0 aliphatic rings. The fourth-order valence-electron chi connectivity index (χ4n) is 0.751. The first kappa shape index (κ1) is 11.8. The van der Waals surface area contributed by atoms with E-state index in [9.17, 15) is 0 Å². The smallest absolute Gasteiger partial charge is 0.108 e. The van der Waals surface area contributed by atoms with Crippen LogP contribution in [-0.2, 0) is 0 Å². The Morgan fingerprint density at radius 1 is 1.00 bits per heavy atom.